The van der Waals surface area contributed by atoms with Crippen molar-refractivity contribution in [2.24, 2.45) is 0 Å². The Labute approximate surface area is 58.1 Å². The monoisotopic (exact) mass is 134 g/mol. The third-order valence-electron chi connectivity index (χ3n) is 1.41. The van der Waals surface area contributed by atoms with Crippen LogP contribution in [0.5, 0.6) is 0 Å². The van der Waals surface area contributed by atoms with Crippen molar-refractivity contribution in [2.45, 2.75) is 0 Å². The van der Waals surface area contributed by atoms with Gasteiger partial charge in [0.05, 0.1) is 0 Å². The fraction of sp³-hybridized carbons (Fsp3) is 0. The van der Waals surface area contributed by atoms with Crippen molar-refractivity contribution in [2.75, 3.05) is 0 Å². The van der Waals surface area contributed by atoms with Crippen molar-refractivity contribution in [1.29, 1.82) is 0 Å². The zero-order valence-electron chi connectivity index (χ0n) is 4.87. The normalized spacial score (nSPS) is 10.2. The van der Waals surface area contributed by atoms with Crippen molar-refractivity contribution in [3.8, 4) is 11.1 Å². The SMILES string of the molecule is c1cc2ccscc-2c1. The van der Waals surface area contributed by atoms with E-state index in [1.165, 1.54) is 11.1 Å². The molecule has 9 heavy (non-hydrogen) atoms. The topological polar surface area (TPSA) is 0 Å². The first-order chi connectivity index (χ1) is 4.47. The molecule has 1 heteroatoms. The number of hydrogen-bond donors (Lipinski definition) is 0. The van der Waals surface area contributed by atoms with E-state index < -0.39 is 0 Å². The lowest BCUT2D eigenvalue weighted by Gasteiger charge is -1.91. The van der Waals surface area contributed by atoms with Gasteiger partial charge in [-0.1, -0.05) is 18.2 Å². The second-order valence-corrected chi connectivity index (χ2v) is 2.77. The van der Waals surface area contributed by atoms with Crippen molar-refractivity contribution >= 4 is 11.3 Å². The van der Waals surface area contributed by atoms with Gasteiger partial charge in [0.1, 0.15) is 0 Å². The van der Waals surface area contributed by atoms with Gasteiger partial charge >= 0.3 is 0 Å². The molecule has 2 aliphatic rings. The van der Waals surface area contributed by atoms with E-state index in [2.05, 4.69) is 35.0 Å². The van der Waals surface area contributed by atoms with E-state index in [0.29, 0.717) is 0 Å². The Hall–Kier alpha value is -0.820. The lowest BCUT2D eigenvalue weighted by Crippen LogP contribution is -1.64. The van der Waals surface area contributed by atoms with Gasteiger partial charge < -0.3 is 0 Å². The van der Waals surface area contributed by atoms with Gasteiger partial charge in [-0.3, -0.25) is 0 Å². The minimum Gasteiger partial charge on any atom is -0.152 e. The Morgan fingerprint density at radius 2 is 1.89 bits per heavy atom. The van der Waals surface area contributed by atoms with Crippen LogP contribution in [-0.2, 0) is 0 Å². The molecule has 0 saturated heterocycles. The van der Waals surface area contributed by atoms with E-state index in [0.717, 1.165) is 0 Å². The van der Waals surface area contributed by atoms with Gasteiger partial charge in [0, 0.05) is 0 Å². The maximum absolute atomic E-state index is 2.16. The van der Waals surface area contributed by atoms with Crippen LogP contribution in [0.3, 0.4) is 0 Å². The second-order valence-electron chi connectivity index (χ2n) is 1.99. The third-order valence-corrected chi connectivity index (χ3v) is 2.09. The van der Waals surface area contributed by atoms with Crippen LogP contribution >= 0.6 is 11.3 Å². The van der Waals surface area contributed by atoms with Crippen molar-refractivity contribution in [3.05, 3.63) is 35.0 Å². The van der Waals surface area contributed by atoms with Crippen LogP contribution in [0.25, 0.3) is 11.1 Å². The van der Waals surface area contributed by atoms with Gasteiger partial charge in [0.25, 0.3) is 0 Å². The quantitative estimate of drug-likeness (QED) is 0.519. The highest BCUT2D eigenvalue weighted by Gasteiger charge is 1.96. The second kappa shape index (κ2) is 1.85. The zero-order valence-corrected chi connectivity index (χ0v) is 5.69. The van der Waals surface area contributed by atoms with Crippen molar-refractivity contribution in [3.63, 3.8) is 0 Å². The molecule has 1 aliphatic carbocycles. The van der Waals surface area contributed by atoms with Crippen molar-refractivity contribution in [1.82, 2.24) is 0 Å². The largest absolute Gasteiger partial charge is 0.152 e. The number of rotatable bonds is 0. The summed E-state index contributed by atoms with van der Waals surface area (Å²) in [5.41, 5.74) is 2.69. The van der Waals surface area contributed by atoms with Gasteiger partial charge in [-0.15, -0.1) is 0 Å². The first-order valence-corrected chi connectivity index (χ1v) is 3.82. The summed E-state index contributed by atoms with van der Waals surface area (Å²) < 4.78 is 0. The molecule has 44 valence electrons. The van der Waals surface area contributed by atoms with Crippen LogP contribution in [0.2, 0.25) is 0 Å². The van der Waals surface area contributed by atoms with E-state index in [-0.39, 0.29) is 0 Å². The molecule has 1 aliphatic heterocycles. The summed E-state index contributed by atoms with van der Waals surface area (Å²) >= 11 is 1.74. The smallest absolute Gasteiger partial charge is 0.00150 e. The van der Waals surface area contributed by atoms with E-state index in [1.807, 2.05) is 0 Å². The van der Waals surface area contributed by atoms with Gasteiger partial charge in [-0.25, -0.2) is 0 Å². The Morgan fingerprint density at radius 1 is 1.00 bits per heavy atom. The fourth-order valence-electron chi connectivity index (χ4n) is 0.932. The Morgan fingerprint density at radius 3 is 2.78 bits per heavy atom. The molecule has 0 aromatic heterocycles. The molecule has 1 heterocycles. The molecule has 0 unspecified atom stereocenters. The number of fused-ring (bicyclic) bond motifs is 1. The molecule has 0 bridgehead atoms. The highest BCUT2D eigenvalue weighted by molar-refractivity contribution is 7.07. The van der Waals surface area contributed by atoms with Gasteiger partial charge in [-0.05, 0) is 28.0 Å². The Kier molecular flexibility index (Phi) is 1.03. The molecule has 0 radical (unpaired) electrons. The average Bonchev–Trinajstić information content (AvgIpc) is 2.33. The molecule has 0 atom stereocenters. The van der Waals surface area contributed by atoms with Gasteiger partial charge in [0.15, 0.2) is 0 Å². The molecule has 0 spiro atoms. The van der Waals surface area contributed by atoms with Crippen LogP contribution < -0.4 is 0 Å². The lowest BCUT2D eigenvalue weighted by molar-refractivity contribution is 1.84. The molecule has 0 nitrogen and oxygen atoms in total. The molecule has 2 rings (SSSR count). The molecule has 0 aromatic carbocycles. The van der Waals surface area contributed by atoms with E-state index in [1.54, 1.807) is 11.3 Å². The van der Waals surface area contributed by atoms with Crippen LogP contribution in [0.15, 0.2) is 35.0 Å². The summed E-state index contributed by atoms with van der Waals surface area (Å²) in [6, 6.07) is 8.48. The summed E-state index contributed by atoms with van der Waals surface area (Å²) in [6.45, 7) is 0. The van der Waals surface area contributed by atoms with Crippen LogP contribution in [-0.4, -0.2) is 0 Å². The fourth-order valence-corrected chi connectivity index (χ4v) is 1.60. The summed E-state index contributed by atoms with van der Waals surface area (Å²) in [4.78, 5) is 0. The average molecular weight is 134 g/mol. The maximum Gasteiger partial charge on any atom is -0.00150 e. The maximum atomic E-state index is 2.16. The zero-order chi connectivity index (χ0) is 6.10. The minimum absolute atomic E-state index is 1.34. The summed E-state index contributed by atoms with van der Waals surface area (Å²) in [7, 11) is 0. The summed E-state index contributed by atoms with van der Waals surface area (Å²) in [5, 5.41) is 4.26. The first kappa shape index (κ1) is 5.00. The Bertz CT molecular complexity index is 245. The molecule has 0 N–H and O–H groups in total. The predicted molar refractivity (Wildman–Crippen MR) is 40.9 cm³/mol. The van der Waals surface area contributed by atoms with Crippen molar-refractivity contribution < 1.29 is 0 Å². The summed E-state index contributed by atoms with van der Waals surface area (Å²) in [5.74, 6) is 0. The molecular formula is C8H6S. The highest BCUT2D eigenvalue weighted by atomic mass is 32.1. The highest BCUT2D eigenvalue weighted by Crippen LogP contribution is 2.23. The molecule has 0 aromatic rings. The number of hydrogen-bond acceptors (Lipinski definition) is 1. The van der Waals surface area contributed by atoms with Gasteiger partial charge in [-0.2, -0.15) is 11.3 Å². The molecule has 0 amide bonds. The third kappa shape index (κ3) is 0.736. The van der Waals surface area contributed by atoms with Gasteiger partial charge in [0.2, 0.25) is 0 Å². The minimum atomic E-state index is 1.34. The predicted octanol–water partition coefficient (Wildman–Crippen LogP) is 2.85. The van der Waals surface area contributed by atoms with E-state index in [4.69, 9.17) is 0 Å². The van der Waals surface area contributed by atoms with Crippen LogP contribution in [0.1, 0.15) is 0 Å². The molecule has 0 saturated carbocycles. The summed E-state index contributed by atoms with van der Waals surface area (Å²) in [6.07, 6.45) is 0. The van der Waals surface area contributed by atoms with E-state index in [9.17, 15) is 0 Å². The lowest BCUT2D eigenvalue weighted by atomic mass is 10.2. The van der Waals surface area contributed by atoms with Crippen LogP contribution in [0.4, 0.5) is 0 Å². The Balaban J connectivity index is 2.79. The van der Waals surface area contributed by atoms with E-state index >= 15 is 0 Å². The molecule has 0 fully saturated rings. The molecular weight excluding hydrogens is 128 g/mol. The van der Waals surface area contributed by atoms with Crippen LogP contribution in [0, 0.1) is 0 Å². The first-order valence-electron chi connectivity index (χ1n) is 2.88. The standard InChI is InChI=1S/C8H6S/c1-2-7-4-5-9-6-8(7)3-1/h1-6H.